The van der Waals surface area contributed by atoms with Crippen molar-refractivity contribution in [2.24, 2.45) is 0 Å². The number of ether oxygens (including phenoxy) is 1. The third-order valence-corrected chi connectivity index (χ3v) is 3.18. The van der Waals surface area contributed by atoms with Gasteiger partial charge in [-0.05, 0) is 36.8 Å². The summed E-state index contributed by atoms with van der Waals surface area (Å²) in [5.74, 6) is 0.713. The summed E-state index contributed by atoms with van der Waals surface area (Å²) >= 11 is 3.40. The standard InChI is InChI=1S/C16H16BrNO2/c1-2-20-15-8-4-7-14(11-15)18-16(19)10-12-5-3-6-13(17)9-12/h3-9,11H,2,10H2,1H3,(H,18,19). The number of rotatable bonds is 5. The Balaban J connectivity index is 1.99. The molecule has 104 valence electrons. The van der Waals surface area contributed by atoms with Crippen molar-refractivity contribution in [2.45, 2.75) is 13.3 Å². The van der Waals surface area contributed by atoms with Crippen LogP contribution in [0.3, 0.4) is 0 Å². The fourth-order valence-electron chi connectivity index (χ4n) is 1.87. The molecule has 0 aliphatic carbocycles. The van der Waals surface area contributed by atoms with E-state index in [0.717, 1.165) is 21.5 Å². The zero-order valence-corrected chi connectivity index (χ0v) is 12.8. The first kappa shape index (κ1) is 14.6. The second-order valence-corrected chi connectivity index (χ2v) is 5.23. The second kappa shape index (κ2) is 7.10. The fraction of sp³-hybridized carbons (Fsp3) is 0.188. The van der Waals surface area contributed by atoms with E-state index in [1.807, 2.05) is 55.5 Å². The van der Waals surface area contributed by atoms with E-state index in [-0.39, 0.29) is 5.91 Å². The summed E-state index contributed by atoms with van der Waals surface area (Å²) in [6.45, 7) is 2.54. The van der Waals surface area contributed by atoms with Gasteiger partial charge in [-0.1, -0.05) is 34.1 Å². The molecule has 0 aliphatic heterocycles. The Labute approximate surface area is 127 Å². The van der Waals surface area contributed by atoms with E-state index in [1.165, 1.54) is 0 Å². The Morgan fingerprint density at radius 3 is 2.75 bits per heavy atom. The Bertz CT molecular complexity index is 599. The predicted molar refractivity (Wildman–Crippen MR) is 84.1 cm³/mol. The number of benzene rings is 2. The van der Waals surface area contributed by atoms with Gasteiger partial charge in [0.1, 0.15) is 5.75 Å². The number of carbonyl (C=O) groups excluding carboxylic acids is 1. The minimum Gasteiger partial charge on any atom is -0.494 e. The van der Waals surface area contributed by atoms with Gasteiger partial charge in [0.05, 0.1) is 13.0 Å². The highest BCUT2D eigenvalue weighted by Crippen LogP contribution is 2.18. The van der Waals surface area contributed by atoms with Crippen LogP contribution < -0.4 is 10.1 Å². The molecule has 3 nitrogen and oxygen atoms in total. The molecule has 4 heteroatoms. The van der Waals surface area contributed by atoms with Crippen LogP contribution in [0.15, 0.2) is 53.0 Å². The summed E-state index contributed by atoms with van der Waals surface area (Å²) in [7, 11) is 0. The quantitative estimate of drug-likeness (QED) is 0.897. The zero-order chi connectivity index (χ0) is 14.4. The lowest BCUT2D eigenvalue weighted by Gasteiger charge is -2.08. The van der Waals surface area contributed by atoms with Gasteiger partial charge in [-0.3, -0.25) is 4.79 Å². The van der Waals surface area contributed by atoms with Crippen LogP contribution in [0.2, 0.25) is 0 Å². The maximum atomic E-state index is 12.0. The number of amides is 1. The van der Waals surface area contributed by atoms with E-state index in [9.17, 15) is 4.79 Å². The van der Waals surface area contributed by atoms with Crippen LogP contribution in [0.25, 0.3) is 0 Å². The Morgan fingerprint density at radius 1 is 1.20 bits per heavy atom. The fourth-order valence-corrected chi connectivity index (χ4v) is 2.31. The molecule has 0 fully saturated rings. The number of anilines is 1. The summed E-state index contributed by atoms with van der Waals surface area (Å²) in [4.78, 5) is 12.0. The van der Waals surface area contributed by atoms with Gasteiger partial charge >= 0.3 is 0 Å². The van der Waals surface area contributed by atoms with Crippen LogP contribution in [-0.4, -0.2) is 12.5 Å². The van der Waals surface area contributed by atoms with Gasteiger partial charge in [0.25, 0.3) is 0 Å². The van der Waals surface area contributed by atoms with Crippen LogP contribution in [0.1, 0.15) is 12.5 Å². The molecule has 1 N–H and O–H groups in total. The first-order valence-corrected chi connectivity index (χ1v) is 7.24. The lowest BCUT2D eigenvalue weighted by molar-refractivity contribution is -0.115. The zero-order valence-electron chi connectivity index (χ0n) is 11.2. The Hall–Kier alpha value is -1.81. The molecule has 0 bridgehead atoms. The summed E-state index contributed by atoms with van der Waals surface area (Å²) in [5, 5.41) is 2.87. The van der Waals surface area contributed by atoms with Crippen molar-refractivity contribution in [1.82, 2.24) is 0 Å². The lowest BCUT2D eigenvalue weighted by Crippen LogP contribution is -2.14. The summed E-state index contributed by atoms with van der Waals surface area (Å²) in [5.41, 5.74) is 1.72. The van der Waals surface area contributed by atoms with Crippen LogP contribution >= 0.6 is 15.9 Å². The molecule has 20 heavy (non-hydrogen) atoms. The molecule has 0 spiro atoms. The Kier molecular flexibility index (Phi) is 5.18. The van der Waals surface area contributed by atoms with Crippen LogP contribution in [0.4, 0.5) is 5.69 Å². The van der Waals surface area contributed by atoms with Crippen molar-refractivity contribution < 1.29 is 9.53 Å². The van der Waals surface area contributed by atoms with Gasteiger partial charge in [-0.2, -0.15) is 0 Å². The largest absolute Gasteiger partial charge is 0.494 e. The smallest absolute Gasteiger partial charge is 0.228 e. The third kappa shape index (κ3) is 4.38. The highest BCUT2D eigenvalue weighted by molar-refractivity contribution is 9.10. The number of halogens is 1. The van der Waals surface area contributed by atoms with Crippen molar-refractivity contribution in [1.29, 1.82) is 0 Å². The van der Waals surface area contributed by atoms with Crippen molar-refractivity contribution in [3.63, 3.8) is 0 Å². The first-order valence-electron chi connectivity index (χ1n) is 6.44. The van der Waals surface area contributed by atoms with Gasteiger partial charge < -0.3 is 10.1 Å². The predicted octanol–water partition coefficient (Wildman–Crippen LogP) is 4.03. The molecular formula is C16H16BrNO2. The molecule has 0 atom stereocenters. The highest BCUT2D eigenvalue weighted by atomic mass is 79.9. The van der Waals surface area contributed by atoms with Crippen molar-refractivity contribution >= 4 is 27.5 Å². The van der Waals surface area contributed by atoms with Crippen LogP contribution in [0.5, 0.6) is 5.75 Å². The molecule has 2 aromatic rings. The Morgan fingerprint density at radius 2 is 2.00 bits per heavy atom. The molecule has 0 radical (unpaired) electrons. The number of hydrogen-bond acceptors (Lipinski definition) is 2. The van der Waals surface area contributed by atoms with Crippen molar-refractivity contribution in [3.05, 3.63) is 58.6 Å². The second-order valence-electron chi connectivity index (χ2n) is 4.32. The maximum absolute atomic E-state index is 12.0. The van der Waals surface area contributed by atoms with Gasteiger partial charge in [0.2, 0.25) is 5.91 Å². The van der Waals surface area contributed by atoms with E-state index in [0.29, 0.717) is 13.0 Å². The van der Waals surface area contributed by atoms with Gasteiger partial charge in [-0.15, -0.1) is 0 Å². The number of nitrogens with one attached hydrogen (secondary N) is 1. The third-order valence-electron chi connectivity index (χ3n) is 2.68. The molecule has 1 amide bonds. The van der Waals surface area contributed by atoms with Crippen molar-refractivity contribution in [3.8, 4) is 5.75 Å². The number of carbonyl (C=O) groups is 1. The van der Waals surface area contributed by atoms with E-state index in [2.05, 4.69) is 21.2 Å². The molecule has 2 rings (SSSR count). The molecule has 2 aromatic carbocycles. The monoisotopic (exact) mass is 333 g/mol. The molecule has 0 saturated carbocycles. The minimum atomic E-state index is -0.0447. The minimum absolute atomic E-state index is 0.0447. The molecule has 0 heterocycles. The molecule has 0 unspecified atom stereocenters. The normalized spacial score (nSPS) is 10.1. The summed E-state index contributed by atoms with van der Waals surface area (Å²) in [6, 6.07) is 15.1. The summed E-state index contributed by atoms with van der Waals surface area (Å²) < 4.78 is 6.38. The average molecular weight is 334 g/mol. The topological polar surface area (TPSA) is 38.3 Å². The highest BCUT2D eigenvalue weighted by Gasteiger charge is 2.05. The van der Waals surface area contributed by atoms with Crippen molar-refractivity contribution in [2.75, 3.05) is 11.9 Å². The SMILES string of the molecule is CCOc1cccc(NC(=O)Cc2cccc(Br)c2)c1. The number of hydrogen-bond donors (Lipinski definition) is 1. The average Bonchev–Trinajstić information content (AvgIpc) is 2.39. The van der Waals surface area contributed by atoms with Crippen LogP contribution in [-0.2, 0) is 11.2 Å². The molecule has 0 aliphatic rings. The van der Waals surface area contributed by atoms with Gasteiger partial charge in [0.15, 0.2) is 0 Å². The molecule has 0 aromatic heterocycles. The van der Waals surface area contributed by atoms with E-state index < -0.39 is 0 Å². The first-order chi connectivity index (χ1) is 9.67. The summed E-state index contributed by atoms with van der Waals surface area (Å²) in [6.07, 6.45) is 0.346. The lowest BCUT2D eigenvalue weighted by atomic mass is 10.1. The van der Waals surface area contributed by atoms with E-state index in [4.69, 9.17) is 4.74 Å². The van der Waals surface area contributed by atoms with E-state index >= 15 is 0 Å². The van der Waals surface area contributed by atoms with E-state index in [1.54, 1.807) is 0 Å². The van der Waals surface area contributed by atoms with Gasteiger partial charge in [-0.25, -0.2) is 0 Å². The molecular weight excluding hydrogens is 318 g/mol. The van der Waals surface area contributed by atoms with Gasteiger partial charge in [0, 0.05) is 16.2 Å². The van der Waals surface area contributed by atoms with Crippen LogP contribution in [0, 0.1) is 0 Å². The molecule has 0 saturated heterocycles. The maximum Gasteiger partial charge on any atom is 0.228 e.